The lowest BCUT2D eigenvalue weighted by Crippen LogP contribution is -1.98. The Morgan fingerprint density at radius 1 is 1.27 bits per heavy atom. The zero-order chi connectivity index (χ0) is 15.4. The summed E-state index contributed by atoms with van der Waals surface area (Å²) in [6, 6.07) is 9.48. The lowest BCUT2D eigenvalue weighted by atomic mass is 10.2. The Morgan fingerprint density at radius 2 is 2.18 bits per heavy atom. The molecule has 5 nitrogen and oxygen atoms in total. The van der Waals surface area contributed by atoms with Gasteiger partial charge in [0.2, 0.25) is 0 Å². The van der Waals surface area contributed by atoms with Crippen LogP contribution in [0.15, 0.2) is 36.5 Å². The lowest BCUT2D eigenvalue weighted by molar-refractivity contribution is 0.315. The summed E-state index contributed by atoms with van der Waals surface area (Å²) in [4.78, 5) is 12.0. The van der Waals surface area contributed by atoms with E-state index in [0.29, 0.717) is 23.9 Å². The molecule has 1 N–H and O–H groups in total. The zero-order valence-corrected chi connectivity index (χ0v) is 12.9. The van der Waals surface area contributed by atoms with E-state index in [4.69, 9.17) is 21.1 Å². The average Bonchev–Trinajstić information content (AvgIpc) is 2.98. The second kappa shape index (κ2) is 6.66. The topological polar surface area (TPSA) is 60.0 Å². The molecule has 0 bridgehead atoms. The van der Waals surface area contributed by atoms with E-state index >= 15 is 0 Å². The Labute approximate surface area is 133 Å². The molecule has 2 aromatic heterocycles. The van der Waals surface area contributed by atoms with Gasteiger partial charge in [0, 0.05) is 18.1 Å². The van der Waals surface area contributed by atoms with Crippen LogP contribution in [0.3, 0.4) is 0 Å². The predicted molar refractivity (Wildman–Crippen MR) is 86.7 cm³/mol. The maximum absolute atomic E-state index is 5.65. The molecule has 3 rings (SSSR count). The number of pyridine rings is 1. The van der Waals surface area contributed by atoms with Crippen LogP contribution in [0.4, 0.5) is 0 Å². The number of hydrogen-bond donors (Lipinski definition) is 1. The minimum atomic E-state index is 0.584. The summed E-state index contributed by atoms with van der Waals surface area (Å²) in [5.41, 5.74) is 2.44. The molecular formula is C16H16ClN3O2. The summed E-state index contributed by atoms with van der Waals surface area (Å²) in [5, 5.41) is 0. The number of aromatic amines is 1. The number of benzene rings is 1. The van der Waals surface area contributed by atoms with Crippen LogP contribution in [0.25, 0.3) is 22.6 Å². The first-order valence-corrected chi connectivity index (χ1v) is 7.53. The van der Waals surface area contributed by atoms with Crippen LogP contribution < -0.4 is 9.47 Å². The van der Waals surface area contributed by atoms with Gasteiger partial charge in [-0.15, -0.1) is 11.6 Å². The quantitative estimate of drug-likeness (QED) is 0.557. The maximum Gasteiger partial charge on any atom is 0.178 e. The van der Waals surface area contributed by atoms with Crippen molar-refractivity contribution in [3.05, 3.63) is 36.5 Å². The fourth-order valence-corrected chi connectivity index (χ4v) is 2.28. The summed E-state index contributed by atoms with van der Waals surface area (Å²) in [6.07, 6.45) is 2.53. The van der Waals surface area contributed by atoms with Gasteiger partial charge in [-0.05, 0) is 30.7 Å². The molecule has 0 amide bonds. The number of nitrogens with zero attached hydrogens (tertiary/aromatic N) is 2. The monoisotopic (exact) mass is 317 g/mol. The molecule has 22 heavy (non-hydrogen) atoms. The lowest BCUT2D eigenvalue weighted by Gasteiger charge is -2.10. The van der Waals surface area contributed by atoms with E-state index in [-0.39, 0.29) is 0 Å². The summed E-state index contributed by atoms with van der Waals surface area (Å²) in [7, 11) is 1.63. The van der Waals surface area contributed by atoms with Crippen molar-refractivity contribution in [1.82, 2.24) is 15.0 Å². The van der Waals surface area contributed by atoms with Crippen LogP contribution in [0, 0.1) is 0 Å². The fourth-order valence-electron chi connectivity index (χ4n) is 2.17. The van der Waals surface area contributed by atoms with E-state index < -0.39 is 0 Å². The molecular weight excluding hydrogens is 302 g/mol. The first-order valence-electron chi connectivity index (χ1n) is 6.99. The van der Waals surface area contributed by atoms with Crippen LogP contribution in [0.1, 0.15) is 6.42 Å². The molecule has 0 aliphatic heterocycles. The molecule has 0 aliphatic rings. The first kappa shape index (κ1) is 14.7. The van der Waals surface area contributed by atoms with Gasteiger partial charge in [0.25, 0.3) is 0 Å². The van der Waals surface area contributed by atoms with Crippen LogP contribution in [0.2, 0.25) is 0 Å². The Bertz CT molecular complexity index is 740. The third-order valence-electron chi connectivity index (χ3n) is 3.23. The molecule has 0 saturated carbocycles. The second-order valence-corrected chi connectivity index (χ2v) is 5.09. The molecule has 6 heteroatoms. The number of H-pyrrole nitrogens is 1. The number of hydrogen-bond acceptors (Lipinski definition) is 4. The molecule has 0 spiro atoms. The van der Waals surface area contributed by atoms with Crippen molar-refractivity contribution in [3.63, 3.8) is 0 Å². The standard InChI is InChI=1S/C16H16ClN3O2/c1-21-14-10-11(22-9-3-7-17)5-6-12(14)15-19-13-4-2-8-18-16(13)20-15/h2,4-6,8,10H,3,7,9H2,1H3,(H,18,19,20). The molecule has 0 radical (unpaired) electrons. The van der Waals surface area contributed by atoms with Gasteiger partial charge in [-0.1, -0.05) is 0 Å². The zero-order valence-electron chi connectivity index (χ0n) is 12.2. The Hall–Kier alpha value is -2.27. The average molecular weight is 318 g/mol. The summed E-state index contributed by atoms with van der Waals surface area (Å²) in [5.74, 6) is 2.75. The van der Waals surface area contributed by atoms with Crippen molar-refractivity contribution in [2.45, 2.75) is 6.42 Å². The van der Waals surface area contributed by atoms with E-state index in [9.17, 15) is 0 Å². The number of rotatable bonds is 6. The highest BCUT2D eigenvalue weighted by Gasteiger charge is 2.12. The number of methoxy groups -OCH3 is 1. The van der Waals surface area contributed by atoms with Crippen molar-refractivity contribution in [1.29, 1.82) is 0 Å². The van der Waals surface area contributed by atoms with Gasteiger partial charge in [0.1, 0.15) is 17.3 Å². The van der Waals surface area contributed by atoms with Crippen molar-refractivity contribution < 1.29 is 9.47 Å². The fraction of sp³-hybridized carbons (Fsp3) is 0.250. The van der Waals surface area contributed by atoms with Gasteiger partial charge in [-0.2, -0.15) is 0 Å². The van der Waals surface area contributed by atoms with Gasteiger partial charge in [-0.3, -0.25) is 0 Å². The molecule has 0 atom stereocenters. The minimum absolute atomic E-state index is 0.584. The first-order chi connectivity index (χ1) is 10.8. The Morgan fingerprint density at radius 3 is 2.95 bits per heavy atom. The molecule has 0 aliphatic carbocycles. The predicted octanol–water partition coefficient (Wildman–Crippen LogP) is 3.64. The third-order valence-corrected chi connectivity index (χ3v) is 3.50. The number of ether oxygens (including phenoxy) is 2. The van der Waals surface area contributed by atoms with Crippen molar-refractivity contribution >= 4 is 22.8 Å². The van der Waals surface area contributed by atoms with E-state index in [0.717, 1.165) is 29.1 Å². The molecule has 3 aromatic rings. The number of nitrogens with one attached hydrogen (secondary N) is 1. The van der Waals surface area contributed by atoms with Crippen LogP contribution in [-0.2, 0) is 0 Å². The van der Waals surface area contributed by atoms with Crippen molar-refractivity contribution in [3.8, 4) is 22.9 Å². The number of aromatic nitrogens is 3. The molecule has 0 fully saturated rings. The smallest absolute Gasteiger partial charge is 0.178 e. The summed E-state index contributed by atoms with van der Waals surface area (Å²) in [6.45, 7) is 0.584. The number of halogens is 1. The second-order valence-electron chi connectivity index (χ2n) is 4.71. The number of fused-ring (bicyclic) bond motifs is 1. The van der Waals surface area contributed by atoms with Gasteiger partial charge < -0.3 is 14.5 Å². The van der Waals surface area contributed by atoms with Gasteiger partial charge in [-0.25, -0.2) is 9.97 Å². The van der Waals surface area contributed by atoms with Gasteiger partial charge in [0.05, 0.1) is 24.8 Å². The summed E-state index contributed by atoms with van der Waals surface area (Å²) >= 11 is 5.65. The largest absolute Gasteiger partial charge is 0.496 e. The highest BCUT2D eigenvalue weighted by atomic mass is 35.5. The molecule has 0 unspecified atom stereocenters. The molecule has 2 heterocycles. The summed E-state index contributed by atoms with van der Waals surface area (Å²) < 4.78 is 11.1. The normalized spacial score (nSPS) is 10.8. The van der Waals surface area contributed by atoms with E-state index in [1.807, 2.05) is 30.3 Å². The highest BCUT2D eigenvalue weighted by molar-refractivity contribution is 6.17. The number of alkyl halides is 1. The maximum atomic E-state index is 5.65. The van der Waals surface area contributed by atoms with Crippen LogP contribution >= 0.6 is 11.6 Å². The van der Waals surface area contributed by atoms with E-state index in [2.05, 4.69) is 15.0 Å². The Kier molecular flexibility index (Phi) is 4.44. The molecule has 0 saturated heterocycles. The SMILES string of the molecule is COc1cc(OCCCCl)ccc1-c1nc2ncccc2[nH]1. The van der Waals surface area contributed by atoms with Crippen LogP contribution in [0.5, 0.6) is 11.5 Å². The molecule has 114 valence electrons. The molecule has 1 aromatic carbocycles. The van der Waals surface area contributed by atoms with E-state index in [1.54, 1.807) is 13.3 Å². The van der Waals surface area contributed by atoms with Gasteiger partial charge >= 0.3 is 0 Å². The van der Waals surface area contributed by atoms with Crippen molar-refractivity contribution in [2.75, 3.05) is 19.6 Å². The van der Waals surface area contributed by atoms with Gasteiger partial charge in [0.15, 0.2) is 5.65 Å². The number of imidazole rings is 1. The highest BCUT2D eigenvalue weighted by Crippen LogP contribution is 2.32. The van der Waals surface area contributed by atoms with E-state index in [1.165, 1.54) is 0 Å². The van der Waals surface area contributed by atoms with Crippen molar-refractivity contribution in [2.24, 2.45) is 0 Å². The Balaban J connectivity index is 1.92. The third kappa shape index (κ3) is 2.99. The van der Waals surface area contributed by atoms with Crippen LogP contribution in [-0.4, -0.2) is 34.5 Å². The minimum Gasteiger partial charge on any atom is -0.496 e.